The minimum atomic E-state index is -3.72. The second-order valence-corrected chi connectivity index (χ2v) is 10.0. The third-order valence-corrected chi connectivity index (χ3v) is 7.61. The lowest BCUT2D eigenvalue weighted by Crippen LogP contribution is -2.43. The van der Waals surface area contributed by atoms with Gasteiger partial charge in [0, 0.05) is 18.7 Å². The molecule has 1 fully saturated rings. The number of methoxy groups -OCH3 is 1. The number of hydrogen-bond acceptors (Lipinski definition) is 7. The average Bonchev–Trinajstić information content (AvgIpc) is 3.29. The number of carbonyl (C=O) groups is 1. The summed E-state index contributed by atoms with van der Waals surface area (Å²) in [5.41, 5.74) is 2.84. The smallest absolute Gasteiger partial charge is 0.322 e. The Bertz CT molecular complexity index is 1250. The molecule has 1 aromatic heterocycles. The van der Waals surface area contributed by atoms with Crippen molar-refractivity contribution in [3.63, 3.8) is 0 Å². The fourth-order valence-corrected chi connectivity index (χ4v) is 5.35. The predicted molar refractivity (Wildman–Crippen MR) is 122 cm³/mol. The zero-order valence-corrected chi connectivity index (χ0v) is 19.6. The molecule has 2 aromatic carbocycles. The maximum atomic E-state index is 13.0. The van der Waals surface area contributed by atoms with E-state index in [0.29, 0.717) is 31.0 Å². The van der Waals surface area contributed by atoms with E-state index in [4.69, 9.17) is 9.15 Å². The number of nitrogens with one attached hydrogen (secondary N) is 1. The third kappa shape index (κ3) is 4.91. The minimum absolute atomic E-state index is 0.00830. The zero-order chi connectivity index (χ0) is 23.6. The molecule has 10 heteroatoms. The largest absolute Gasteiger partial charge is 0.497 e. The number of amides is 1. The number of benzene rings is 2. The number of hydrogen-bond donors (Lipinski definition) is 1. The quantitative estimate of drug-likeness (QED) is 0.587. The van der Waals surface area contributed by atoms with Crippen LogP contribution in [0.5, 0.6) is 5.75 Å². The lowest BCUT2D eigenvalue weighted by molar-refractivity contribution is -0.121. The van der Waals surface area contributed by atoms with Crippen molar-refractivity contribution >= 4 is 21.9 Å². The Labute approximate surface area is 192 Å². The van der Waals surface area contributed by atoms with Crippen molar-refractivity contribution in [1.29, 1.82) is 0 Å². The number of nitrogens with zero attached hydrogens (tertiary/aromatic N) is 3. The third-order valence-electron chi connectivity index (χ3n) is 5.73. The van der Waals surface area contributed by atoms with Gasteiger partial charge in [0.15, 0.2) is 0 Å². The van der Waals surface area contributed by atoms with Gasteiger partial charge in [0.05, 0.1) is 17.9 Å². The number of sulfonamides is 1. The lowest BCUT2D eigenvalue weighted by Gasteiger charge is -2.30. The first kappa shape index (κ1) is 22.9. The van der Waals surface area contributed by atoms with Crippen LogP contribution in [0.15, 0.2) is 51.8 Å². The molecule has 0 aliphatic carbocycles. The molecule has 1 amide bonds. The molecule has 1 aliphatic heterocycles. The highest BCUT2D eigenvalue weighted by molar-refractivity contribution is 7.89. The fourth-order valence-electron chi connectivity index (χ4n) is 3.83. The Balaban J connectivity index is 1.45. The Hall–Kier alpha value is -3.24. The van der Waals surface area contributed by atoms with Crippen molar-refractivity contribution in [2.75, 3.05) is 25.5 Å². The van der Waals surface area contributed by atoms with Crippen LogP contribution in [-0.4, -0.2) is 49.0 Å². The van der Waals surface area contributed by atoms with Crippen LogP contribution in [0.1, 0.15) is 24.0 Å². The highest BCUT2D eigenvalue weighted by Gasteiger charge is 2.34. The Morgan fingerprint density at radius 1 is 1.15 bits per heavy atom. The van der Waals surface area contributed by atoms with Gasteiger partial charge in [-0.25, -0.2) is 8.42 Å². The van der Waals surface area contributed by atoms with E-state index < -0.39 is 15.9 Å². The Morgan fingerprint density at radius 3 is 2.64 bits per heavy atom. The first-order valence-electron chi connectivity index (χ1n) is 10.6. The summed E-state index contributed by atoms with van der Waals surface area (Å²) in [6.07, 6.45) is 1.14. The molecule has 1 atom stereocenters. The molecule has 0 radical (unpaired) electrons. The van der Waals surface area contributed by atoms with Gasteiger partial charge in [-0.1, -0.05) is 22.8 Å². The highest BCUT2D eigenvalue weighted by atomic mass is 32.2. The number of ether oxygens (including phenoxy) is 1. The molecule has 4 rings (SSSR count). The monoisotopic (exact) mass is 470 g/mol. The van der Waals surface area contributed by atoms with E-state index in [-0.39, 0.29) is 23.4 Å². The van der Waals surface area contributed by atoms with Crippen molar-refractivity contribution in [2.45, 2.75) is 31.6 Å². The second kappa shape index (κ2) is 9.32. The van der Waals surface area contributed by atoms with Crippen LogP contribution in [0, 0.1) is 19.8 Å². The predicted octanol–water partition coefficient (Wildman–Crippen LogP) is 3.40. The summed E-state index contributed by atoms with van der Waals surface area (Å²) in [6.45, 7) is 4.35. The van der Waals surface area contributed by atoms with E-state index in [2.05, 4.69) is 15.5 Å². The van der Waals surface area contributed by atoms with Crippen LogP contribution < -0.4 is 10.1 Å². The molecule has 0 saturated carbocycles. The van der Waals surface area contributed by atoms with Gasteiger partial charge in [-0.3, -0.25) is 10.1 Å². The molecule has 1 unspecified atom stereocenters. The van der Waals surface area contributed by atoms with Crippen LogP contribution in [0.25, 0.3) is 11.5 Å². The molecule has 0 spiro atoms. The summed E-state index contributed by atoms with van der Waals surface area (Å²) < 4.78 is 38.2. The molecule has 174 valence electrons. The van der Waals surface area contributed by atoms with E-state index in [1.807, 2.05) is 32.0 Å². The number of piperidine rings is 1. The fraction of sp³-hybridized carbons (Fsp3) is 0.348. The van der Waals surface area contributed by atoms with Crippen LogP contribution in [-0.2, 0) is 14.8 Å². The normalized spacial score (nSPS) is 17.0. The molecule has 1 N–H and O–H groups in total. The molecule has 1 aliphatic rings. The summed E-state index contributed by atoms with van der Waals surface area (Å²) in [5.74, 6) is 0.0205. The molecule has 1 saturated heterocycles. The molecule has 0 bridgehead atoms. The maximum absolute atomic E-state index is 13.0. The summed E-state index contributed by atoms with van der Waals surface area (Å²) in [5, 5.41) is 10.6. The number of anilines is 1. The average molecular weight is 471 g/mol. The van der Waals surface area contributed by atoms with Crippen molar-refractivity contribution in [2.24, 2.45) is 5.92 Å². The second-order valence-electron chi connectivity index (χ2n) is 8.10. The first-order chi connectivity index (χ1) is 15.8. The number of aromatic nitrogens is 2. The summed E-state index contributed by atoms with van der Waals surface area (Å²) >= 11 is 0. The van der Waals surface area contributed by atoms with Gasteiger partial charge in [-0.2, -0.15) is 4.31 Å². The standard InChI is InChI=1S/C23H26N4O5S/c1-15-6-7-16(2)20(13-15)22-25-26-23(32-22)24-21(28)17-5-4-12-27(14-17)33(29,30)19-10-8-18(31-3)9-11-19/h6-11,13,17H,4-5,12,14H2,1-3H3,(H,24,26,28). The number of rotatable bonds is 6. The van der Waals surface area contributed by atoms with Gasteiger partial charge in [0.25, 0.3) is 0 Å². The molecular formula is C23H26N4O5S. The first-order valence-corrected chi connectivity index (χ1v) is 12.1. The number of aryl methyl sites for hydroxylation is 2. The SMILES string of the molecule is COc1ccc(S(=O)(=O)N2CCCC(C(=O)Nc3nnc(-c4cc(C)ccc4C)o3)C2)cc1. The van der Waals surface area contributed by atoms with E-state index in [0.717, 1.165) is 16.7 Å². The zero-order valence-electron chi connectivity index (χ0n) is 18.7. The summed E-state index contributed by atoms with van der Waals surface area (Å²) in [7, 11) is -2.20. The molecular weight excluding hydrogens is 444 g/mol. The van der Waals surface area contributed by atoms with E-state index in [9.17, 15) is 13.2 Å². The van der Waals surface area contributed by atoms with E-state index in [1.165, 1.54) is 23.5 Å². The summed E-state index contributed by atoms with van der Waals surface area (Å²) in [4.78, 5) is 13.0. The van der Waals surface area contributed by atoms with Crippen LogP contribution in [0.2, 0.25) is 0 Å². The van der Waals surface area contributed by atoms with Crippen molar-refractivity contribution in [3.05, 3.63) is 53.6 Å². The van der Waals surface area contributed by atoms with Crippen LogP contribution in [0.3, 0.4) is 0 Å². The van der Waals surface area contributed by atoms with Gasteiger partial charge < -0.3 is 9.15 Å². The molecule has 3 aromatic rings. The van der Waals surface area contributed by atoms with Crippen LogP contribution >= 0.6 is 0 Å². The highest BCUT2D eigenvalue weighted by Crippen LogP contribution is 2.27. The lowest BCUT2D eigenvalue weighted by atomic mass is 9.99. The molecule has 9 nitrogen and oxygen atoms in total. The van der Waals surface area contributed by atoms with Gasteiger partial charge in [-0.05, 0) is 62.6 Å². The topological polar surface area (TPSA) is 115 Å². The van der Waals surface area contributed by atoms with E-state index >= 15 is 0 Å². The van der Waals surface area contributed by atoms with Gasteiger partial charge in [-0.15, -0.1) is 5.10 Å². The Kier molecular flexibility index (Phi) is 6.48. The van der Waals surface area contributed by atoms with Gasteiger partial charge >= 0.3 is 6.01 Å². The maximum Gasteiger partial charge on any atom is 0.322 e. The molecule has 33 heavy (non-hydrogen) atoms. The Morgan fingerprint density at radius 2 is 1.91 bits per heavy atom. The van der Waals surface area contributed by atoms with Crippen molar-refractivity contribution in [3.8, 4) is 17.2 Å². The summed E-state index contributed by atoms with van der Waals surface area (Å²) in [6, 6.07) is 12.1. The number of carbonyl (C=O) groups excluding carboxylic acids is 1. The van der Waals surface area contributed by atoms with Crippen molar-refractivity contribution < 1.29 is 22.4 Å². The van der Waals surface area contributed by atoms with Crippen molar-refractivity contribution in [1.82, 2.24) is 14.5 Å². The van der Waals surface area contributed by atoms with Crippen LogP contribution in [0.4, 0.5) is 6.01 Å². The van der Waals surface area contributed by atoms with Gasteiger partial charge in [0.2, 0.25) is 21.8 Å². The minimum Gasteiger partial charge on any atom is -0.497 e. The van der Waals surface area contributed by atoms with Gasteiger partial charge in [0.1, 0.15) is 5.75 Å². The van der Waals surface area contributed by atoms with E-state index in [1.54, 1.807) is 12.1 Å². The molecule has 2 heterocycles.